The number of carbonyl (C=O) groups is 2. The third-order valence-electron chi connectivity index (χ3n) is 5.67. The molecule has 6 heteroatoms. The summed E-state index contributed by atoms with van der Waals surface area (Å²) >= 11 is 0. The molecule has 2 amide bonds. The van der Waals surface area contributed by atoms with Crippen molar-refractivity contribution in [3.05, 3.63) is 70.9 Å². The highest BCUT2D eigenvalue weighted by Gasteiger charge is 2.43. The van der Waals surface area contributed by atoms with E-state index in [1.54, 1.807) is 11.1 Å². The summed E-state index contributed by atoms with van der Waals surface area (Å²) in [5, 5.41) is 6.78. The van der Waals surface area contributed by atoms with Crippen molar-refractivity contribution < 1.29 is 9.59 Å². The van der Waals surface area contributed by atoms with Gasteiger partial charge in [-0.1, -0.05) is 42.5 Å². The van der Waals surface area contributed by atoms with Gasteiger partial charge in [-0.15, -0.1) is 0 Å². The number of H-pyrrole nitrogens is 1. The Hall–Kier alpha value is -3.41. The highest BCUT2D eigenvalue weighted by molar-refractivity contribution is 5.97. The number of hydrazone groups is 1. The van der Waals surface area contributed by atoms with Gasteiger partial charge in [0.15, 0.2) is 0 Å². The number of amides is 2. The number of piperazine rings is 1. The van der Waals surface area contributed by atoms with Gasteiger partial charge in [0.1, 0.15) is 12.6 Å². The summed E-state index contributed by atoms with van der Waals surface area (Å²) in [6.45, 7) is 2.41. The molecule has 1 N–H and O–H groups in total. The van der Waals surface area contributed by atoms with Crippen LogP contribution in [0.1, 0.15) is 22.4 Å². The second kappa shape index (κ2) is 6.34. The van der Waals surface area contributed by atoms with E-state index >= 15 is 0 Å². The molecule has 0 aliphatic carbocycles. The molecule has 0 spiro atoms. The fourth-order valence-electron chi connectivity index (χ4n) is 4.12. The molecular weight excluding hydrogens is 352 g/mol. The minimum absolute atomic E-state index is 0.0206. The predicted molar refractivity (Wildman–Crippen MR) is 107 cm³/mol. The second-order valence-corrected chi connectivity index (χ2v) is 7.37. The molecule has 1 atom stereocenters. The van der Waals surface area contributed by atoms with Gasteiger partial charge in [-0.3, -0.25) is 9.59 Å². The van der Waals surface area contributed by atoms with Crippen LogP contribution < -0.4 is 0 Å². The molecule has 1 fully saturated rings. The zero-order valence-electron chi connectivity index (χ0n) is 15.6. The first-order valence-electron chi connectivity index (χ1n) is 9.41. The summed E-state index contributed by atoms with van der Waals surface area (Å²) in [5.41, 5.74) is 5.21. The molecular formula is C22H20N4O2. The number of fused-ring (bicyclic) bond motifs is 4. The molecule has 140 valence electrons. The van der Waals surface area contributed by atoms with Crippen LogP contribution in [-0.4, -0.2) is 45.5 Å². The smallest absolute Gasteiger partial charge is 0.266 e. The number of nitrogens with one attached hydrogen (secondary N) is 1. The number of hydrogen-bond acceptors (Lipinski definition) is 3. The van der Waals surface area contributed by atoms with Crippen molar-refractivity contribution in [1.82, 2.24) is 14.9 Å². The largest absolute Gasteiger partial charge is 0.357 e. The van der Waals surface area contributed by atoms with Crippen molar-refractivity contribution in [2.24, 2.45) is 5.10 Å². The van der Waals surface area contributed by atoms with Crippen LogP contribution in [0.4, 0.5) is 0 Å². The van der Waals surface area contributed by atoms with Crippen molar-refractivity contribution in [2.75, 3.05) is 6.54 Å². The molecule has 3 heterocycles. The highest BCUT2D eigenvalue weighted by Crippen LogP contribution is 2.32. The van der Waals surface area contributed by atoms with E-state index in [0.717, 1.165) is 33.3 Å². The number of aromatic amines is 1. The molecule has 2 aromatic carbocycles. The molecule has 1 aromatic heterocycles. The molecule has 2 aliphatic rings. The Bertz CT molecular complexity index is 1130. The van der Waals surface area contributed by atoms with E-state index in [1.165, 1.54) is 5.01 Å². The van der Waals surface area contributed by atoms with E-state index in [0.29, 0.717) is 13.0 Å². The van der Waals surface area contributed by atoms with Crippen LogP contribution in [0.15, 0.2) is 53.6 Å². The number of hydrogen-bond donors (Lipinski definition) is 1. The van der Waals surface area contributed by atoms with Gasteiger partial charge in [0, 0.05) is 23.0 Å². The molecule has 0 saturated carbocycles. The number of para-hydroxylation sites is 1. The fourth-order valence-corrected chi connectivity index (χ4v) is 4.12. The van der Waals surface area contributed by atoms with E-state index in [2.05, 4.69) is 16.2 Å². The van der Waals surface area contributed by atoms with E-state index in [9.17, 15) is 9.59 Å². The monoisotopic (exact) mass is 372 g/mol. The average molecular weight is 372 g/mol. The third-order valence-corrected chi connectivity index (χ3v) is 5.67. The van der Waals surface area contributed by atoms with E-state index in [1.807, 2.05) is 49.4 Å². The van der Waals surface area contributed by atoms with Crippen LogP contribution in [-0.2, 0) is 22.6 Å². The van der Waals surface area contributed by atoms with Gasteiger partial charge in [-0.05, 0) is 29.7 Å². The van der Waals surface area contributed by atoms with Crippen LogP contribution in [0.25, 0.3) is 10.9 Å². The summed E-state index contributed by atoms with van der Waals surface area (Å²) in [4.78, 5) is 30.9. The Morgan fingerprint density at radius 2 is 1.86 bits per heavy atom. The van der Waals surface area contributed by atoms with Gasteiger partial charge < -0.3 is 9.88 Å². The molecule has 6 nitrogen and oxygen atoms in total. The minimum Gasteiger partial charge on any atom is -0.357 e. The quantitative estimate of drug-likeness (QED) is 0.703. The second-order valence-electron chi connectivity index (χ2n) is 7.37. The first kappa shape index (κ1) is 16.7. The third kappa shape index (κ3) is 2.60. The number of benzene rings is 2. The minimum atomic E-state index is -0.498. The lowest BCUT2D eigenvalue weighted by Gasteiger charge is -2.40. The zero-order chi connectivity index (χ0) is 19.3. The number of aromatic nitrogens is 1. The molecule has 1 saturated heterocycles. The van der Waals surface area contributed by atoms with E-state index in [4.69, 9.17) is 0 Å². The number of aryl methyl sites for hydroxylation is 1. The average Bonchev–Trinajstić information content (AvgIpc) is 3.07. The summed E-state index contributed by atoms with van der Waals surface area (Å²) in [6, 6.07) is 15.4. The summed E-state index contributed by atoms with van der Waals surface area (Å²) in [5.74, 6) is -0.198. The first-order chi connectivity index (χ1) is 13.6. The standard InChI is InChI=1S/C22H20N4O2/c1-14-6-2-3-7-15(14)11-23-26-13-21(27)25-12-19-17(10-20(25)22(26)28)16-8-4-5-9-18(16)24-19/h2-9,11,20,24H,10,12-13H2,1H3/b23-11+/t20-/m0/s1. The van der Waals surface area contributed by atoms with Crippen LogP contribution in [0.5, 0.6) is 0 Å². The lowest BCUT2D eigenvalue weighted by Crippen LogP contribution is -2.60. The van der Waals surface area contributed by atoms with Gasteiger partial charge in [-0.25, -0.2) is 5.01 Å². The zero-order valence-corrected chi connectivity index (χ0v) is 15.6. The summed E-state index contributed by atoms with van der Waals surface area (Å²) in [7, 11) is 0. The topological polar surface area (TPSA) is 68.8 Å². The molecule has 0 radical (unpaired) electrons. The Labute approximate surface area is 162 Å². The Kier molecular flexibility index (Phi) is 3.79. The number of carbonyl (C=O) groups excluding carboxylic acids is 2. The van der Waals surface area contributed by atoms with Gasteiger partial charge >= 0.3 is 0 Å². The lowest BCUT2D eigenvalue weighted by atomic mass is 9.94. The van der Waals surface area contributed by atoms with Crippen molar-refractivity contribution in [1.29, 1.82) is 0 Å². The molecule has 0 unspecified atom stereocenters. The van der Waals surface area contributed by atoms with Crippen LogP contribution in [0, 0.1) is 6.92 Å². The maximum atomic E-state index is 13.1. The SMILES string of the molecule is Cc1ccccc1/C=N/N1CC(=O)N2Cc3[nH]c4ccccc4c3C[C@H]2C1=O. The van der Waals surface area contributed by atoms with Gasteiger partial charge in [-0.2, -0.15) is 5.10 Å². The molecule has 0 bridgehead atoms. The Morgan fingerprint density at radius 1 is 1.07 bits per heavy atom. The number of nitrogens with zero attached hydrogens (tertiary/aromatic N) is 3. The Morgan fingerprint density at radius 3 is 2.71 bits per heavy atom. The van der Waals surface area contributed by atoms with Crippen molar-refractivity contribution >= 4 is 28.9 Å². The predicted octanol–water partition coefficient (Wildman–Crippen LogP) is 2.61. The lowest BCUT2D eigenvalue weighted by molar-refractivity contribution is -0.157. The number of rotatable bonds is 2. The maximum Gasteiger partial charge on any atom is 0.266 e. The van der Waals surface area contributed by atoms with Crippen LogP contribution >= 0.6 is 0 Å². The molecule has 5 rings (SSSR count). The van der Waals surface area contributed by atoms with Crippen LogP contribution in [0.3, 0.4) is 0 Å². The Balaban J connectivity index is 1.46. The normalized spacial score (nSPS) is 19.4. The maximum absolute atomic E-state index is 13.1. The van der Waals surface area contributed by atoms with Crippen molar-refractivity contribution in [2.45, 2.75) is 25.9 Å². The van der Waals surface area contributed by atoms with Gasteiger partial charge in [0.2, 0.25) is 5.91 Å². The molecule has 2 aliphatic heterocycles. The summed E-state index contributed by atoms with van der Waals surface area (Å²) < 4.78 is 0. The first-order valence-corrected chi connectivity index (χ1v) is 9.41. The molecule has 28 heavy (non-hydrogen) atoms. The van der Waals surface area contributed by atoms with E-state index < -0.39 is 6.04 Å². The van der Waals surface area contributed by atoms with Crippen molar-refractivity contribution in [3.63, 3.8) is 0 Å². The molecule has 3 aromatic rings. The highest BCUT2D eigenvalue weighted by atomic mass is 16.2. The van der Waals surface area contributed by atoms with Crippen molar-refractivity contribution in [3.8, 4) is 0 Å². The van der Waals surface area contributed by atoms with E-state index in [-0.39, 0.29) is 18.4 Å². The van der Waals surface area contributed by atoms with Gasteiger partial charge in [0.25, 0.3) is 5.91 Å². The summed E-state index contributed by atoms with van der Waals surface area (Å²) in [6.07, 6.45) is 2.18. The van der Waals surface area contributed by atoms with Crippen LogP contribution in [0.2, 0.25) is 0 Å². The fraction of sp³-hybridized carbons (Fsp3) is 0.227. The van der Waals surface area contributed by atoms with Gasteiger partial charge in [0.05, 0.1) is 12.8 Å².